The van der Waals surface area contributed by atoms with Crippen molar-refractivity contribution in [1.29, 1.82) is 0 Å². The van der Waals surface area contributed by atoms with Gasteiger partial charge in [0.05, 0.1) is 11.1 Å². The number of hydroxylamine groups is 2. The van der Waals surface area contributed by atoms with E-state index in [1.54, 1.807) is 43.4 Å². The zero-order valence-electron chi connectivity index (χ0n) is 12.5. The van der Waals surface area contributed by atoms with Crippen molar-refractivity contribution in [3.8, 4) is 12.3 Å². The molecule has 2 aromatic rings. The number of halogens is 1. The molecule has 3 rings (SSSR count). The maximum atomic E-state index is 14.3. The summed E-state index contributed by atoms with van der Waals surface area (Å²) in [5.74, 6) is 2.55. The number of fused-ring (bicyclic) bond motifs is 1. The van der Waals surface area contributed by atoms with Crippen LogP contribution in [0.2, 0.25) is 0 Å². The van der Waals surface area contributed by atoms with Crippen molar-refractivity contribution in [1.82, 2.24) is 5.06 Å². The Morgan fingerprint density at radius 3 is 2.78 bits per heavy atom. The van der Waals surface area contributed by atoms with Crippen LogP contribution in [0.5, 0.6) is 0 Å². The highest BCUT2D eigenvalue weighted by Crippen LogP contribution is 2.18. The standard InChI is InChI=1S/C18H14FN3O/c1-3-12-8-9-16-14(10-12)18(13-6-4-5-7-15(13)19)22(23)11-17(20-2)21-16/h1,4-10,23H,11H2,2H3. The smallest absolute Gasteiger partial charge is 0.145 e. The van der Waals surface area contributed by atoms with Gasteiger partial charge in [-0.25, -0.2) is 14.4 Å². The Morgan fingerprint density at radius 2 is 2.09 bits per heavy atom. The lowest BCUT2D eigenvalue weighted by Gasteiger charge is -2.19. The third-order valence-corrected chi connectivity index (χ3v) is 3.60. The van der Waals surface area contributed by atoms with Gasteiger partial charge in [0, 0.05) is 23.4 Å². The van der Waals surface area contributed by atoms with Crippen molar-refractivity contribution in [2.75, 3.05) is 13.6 Å². The molecule has 0 spiro atoms. The number of amidine groups is 1. The predicted molar refractivity (Wildman–Crippen MR) is 85.9 cm³/mol. The molecular weight excluding hydrogens is 293 g/mol. The first-order valence-electron chi connectivity index (χ1n) is 7.00. The molecule has 1 N–H and O–H groups in total. The van der Waals surface area contributed by atoms with E-state index in [9.17, 15) is 9.60 Å². The van der Waals surface area contributed by atoms with E-state index in [1.165, 1.54) is 6.07 Å². The first-order chi connectivity index (χ1) is 11.1. The highest BCUT2D eigenvalue weighted by Gasteiger charge is 2.19. The van der Waals surface area contributed by atoms with Gasteiger partial charge in [-0.1, -0.05) is 18.1 Å². The lowest BCUT2D eigenvalue weighted by Crippen LogP contribution is -2.32. The van der Waals surface area contributed by atoms with E-state index in [0.29, 0.717) is 27.7 Å². The number of hydrogen-bond donors (Lipinski definition) is 1. The van der Waals surface area contributed by atoms with Crippen molar-refractivity contribution in [2.24, 2.45) is 9.98 Å². The van der Waals surface area contributed by atoms with E-state index in [4.69, 9.17) is 6.42 Å². The highest BCUT2D eigenvalue weighted by molar-refractivity contribution is 5.87. The molecule has 1 aliphatic heterocycles. The fourth-order valence-electron chi connectivity index (χ4n) is 2.50. The van der Waals surface area contributed by atoms with Crippen LogP contribution in [0.15, 0.2) is 52.4 Å². The molecule has 0 bridgehead atoms. The van der Waals surface area contributed by atoms with Crippen LogP contribution in [0, 0.1) is 18.2 Å². The second kappa shape index (κ2) is 6.03. The van der Waals surface area contributed by atoms with Gasteiger partial charge in [-0.3, -0.25) is 10.2 Å². The molecule has 0 aromatic heterocycles. The third kappa shape index (κ3) is 2.72. The Balaban J connectivity index is 2.47. The molecule has 2 aromatic carbocycles. The molecule has 5 heteroatoms. The lowest BCUT2D eigenvalue weighted by atomic mass is 10.1. The van der Waals surface area contributed by atoms with Crippen LogP contribution >= 0.6 is 0 Å². The second-order valence-corrected chi connectivity index (χ2v) is 5.01. The quantitative estimate of drug-likeness (QED) is 0.808. The first-order valence-corrected chi connectivity index (χ1v) is 7.00. The maximum absolute atomic E-state index is 14.3. The van der Waals surface area contributed by atoms with E-state index in [1.807, 2.05) is 0 Å². The summed E-state index contributed by atoms with van der Waals surface area (Å²) in [4.78, 5) is 8.48. The summed E-state index contributed by atoms with van der Waals surface area (Å²) < 4.78 is 14.3. The second-order valence-electron chi connectivity index (χ2n) is 5.01. The van der Waals surface area contributed by atoms with Gasteiger partial charge in [-0.15, -0.1) is 6.42 Å². The minimum absolute atomic E-state index is 0.0558. The third-order valence-electron chi connectivity index (χ3n) is 3.60. The largest absolute Gasteiger partial charge is 0.288 e. The van der Waals surface area contributed by atoms with Crippen molar-refractivity contribution in [2.45, 2.75) is 0 Å². The minimum atomic E-state index is -0.435. The van der Waals surface area contributed by atoms with Gasteiger partial charge in [-0.05, 0) is 30.3 Å². The number of rotatable bonds is 1. The van der Waals surface area contributed by atoms with Gasteiger partial charge in [0.15, 0.2) is 0 Å². The molecule has 0 saturated carbocycles. The normalized spacial score (nSPS) is 15.7. The zero-order chi connectivity index (χ0) is 16.4. The zero-order valence-corrected chi connectivity index (χ0v) is 12.5. The fourth-order valence-corrected chi connectivity index (χ4v) is 2.50. The summed E-state index contributed by atoms with van der Waals surface area (Å²) in [7, 11) is 1.59. The van der Waals surface area contributed by atoms with E-state index in [-0.39, 0.29) is 12.1 Å². The van der Waals surface area contributed by atoms with Crippen LogP contribution in [0.3, 0.4) is 0 Å². The Hall–Kier alpha value is -2.97. The van der Waals surface area contributed by atoms with Crippen LogP contribution < -0.4 is 10.6 Å². The SMILES string of the molecule is C#Cc1ccc2c(c1)=C(c1ccccc1F)N(O)CC(=NC)N=2. The summed E-state index contributed by atoms with van der Waals surface area (Å²) in [6.07, 6.45) is 5.46. The molecule has 0 amide bonds. The molecular formula is C18H14FN3O. The van der Waals surface area contributed by atoms with Crippen LogP contribution in [0.4, 0.5) is 4.39 Å². The molecule has 114 valence electrons. The van der Waals surface area contributed by atoms with Gasteiger partial charge >= 0.3 is 0 Å². The van der Waals surface area contributed by atoms with Crippen molar-refractivity contribution in [3.63, 3.8) is 0 Å². The van der Waals surface area contributed by atoms with Gasteiger partial charge in [0.1, 0.15) is 18.2 Å². The number of aliphatic imine (C=N–C) groups is 1. The monoisotopic (exact) mass is 307 g/mol. The van der Waals surface area contributed by atoms with Gasteiger partial charge in [-0.2, -0.15) is 0 Å². The molecule has 1 heterocycles. The lowest BCUT2D eigenvalue weighted by molar-refractivity contribution is -0.0122. The summed E-state index contributed by atoms with van der Waals surface area (Å²) >= 11 is 0. The molecule has 0 fully saturated rings. The minimum Gasteiger partial charge on any atom is -0.288 e. The number of nitrogens with zero attached hydrogens (tertiary/aromatic N) is 3. The Kier molecular flexibility index (Phi) is 3.92. The maximum Gasteiger partial charge on any atom is 0.145 e. The van der Waals surface area contributed by atoms with Gasteiger partial charge in [0.25, 0.3) is 0 Å². The highest BCUT2D eigenvalue weighted by atomic mass is 19.1. The summed E-state index contributed by atoms with van der Waals surface area (Å²) in [6, 6.07) is 11.5. The first kappa shape index (κ1) is 14.9. The Bertz CT molecular complexity index is 957. The van der Waals surface area contributed by atoms with Gasteiger partial charge < -0.3 is 0 Å². The summed E-state index contributed by atoms with van der Waals surface area (Å²) in [5.41, 5.74) is 1.22. The molecule has 0 radical (unpaired) electrons. The average Bonchev–Trinajstić information content (AvgIpc) is 2.70. The molecule has 0 saturated heterocycles. The van der Waals surface area contributed by atoms with E-state index < -0.39 is 5.82 Å². The molecule has 0 unspecified atom stereocenters. The van der Waals surface area contributed by atoms with Crippen molar-refractivity contribution in [3.05, 3.63) is 70.0 Å². The van der Waals surface area contributed by atoms with Crippen LogP contribution in [0.1, 0.15) is 11.1 Å². The number of terminal acetylenes is 1. The summed E-state index contributed by atoms with van der Waals surface area (Å²) in [5, 5.41) is 12.6. The number of benzene rings is 2. The molecule has 1 aliphatic rings. The van der Waals surface area contributed by atoms with Crippen molar-refractivity contribution >= 4 is 11.5 Å². The topological polar surface area (TPSA) is 48.2 Å². The fraction of sp³-hybridized carbons (Fsp3) is 0.111. The van der Waals surface area contributed by atoms with Crippen LogP contribution in [-0.4, -0.2) is 29.7 Å². The van der Waals surface area contributed by atoms with Crippen LogP contribution in [-0.2, 0) is 0 Å². The van der Waals surface area contributed by atoms with Crippen LogP contribution in [0.25, 0.3) is 5.70 Å². The number of hydrogen-bond acceptors (Lipinski definition) is 3. The van der Waals surface area contributed by atoms with E-state index >= 15 is 0 Å². The Morgan fingerprint density at radius 1 is 1.30 bits per heavy atom. The molecule has 4 nitrogen and oxygen atoms in total. The Labute approximate surface area is 132 Å². The molecule has 0 atom stereocenters. The average molecular weight is 307 g/mol. The van der Waals surface area contributed by atoms with E-state index in [2.05, 4.69) is 15.9 Å². The molecule has 0 aliphatic carbocycles. The van der Waals surface area contributed by atoms with E-state index in [0.717, 1.165) is 5.06 Å². The summed E-state index contributed by atoms with van der Waals surface area (Å²) in [6.45, 7) is 0.0558. The van der Waals surface area contributed by atoms with Crippen molar-refractivity contribution < 1.29 is 9.60 Å². The predicted octanol–water partition coefficient (Wildman–Crippen LogP) is 1.32. The molecule has 23 heavy (non-hydrogen) atoms. The van der Waals surface area contributed by atoms with Gasteiger partial charge in [0.2, 0.25) is 0 Å².